The van der Waals surface area contributed by atoms with Crippen LogP contribution in [0.3, 0.4) is 0 Å². The number of carbonyl (C=O) groups is 1. The molecule has 4 N–H and O–H groups in total. The second-order valence-corrected chi connectivity index (χ2v) is 7.97. The number of rotatable bonds is 7. The lowest BCUT2D eigenvalue weighted by molar-refractivity contribution is -0.145. The van der Waals surface area contributed by atoms with Gasteiger partial charge in [0, 0.05) is 6.04 Å². The number of nitrogens with one attached hydrogen (secondary N) is 1. The monoisotopic (exact) mass is 451 g/mol. The lowest BCUT2D eigenvalue weighted by Crippen LogP contribution is -2.48. The summed E-state index contributed by atoms with van der Waals surface area (Å²) in [5.41, 5.74) is -1.39. The van der Waals surface area contributed by atoms with Crippen molar-refractivity contribution >= 4 is 34.6 Å². The zero-order valence-corrected chi connectivity index (χ0v) is 17.2. The Balaban J connectivity index is 1.64. The molecule has 3 heterocycles. The highest BCUT2D eigenvalue weighted by Crippen LogP contribution is 2.39. The summed E-state index contributed by atoms with van der Waals surface area (Å²) in [6.07, 6.45) is 7.24. The number of anilines is 1. The molecule has 4 atom stereocenters. The molecule has 0 bridgehead atoms. The molecule has 4 rings (SSSR count). The van der Waals surface area contributed by atoms with Crippen LogP contribution in [-0.4, -0.2) is 77.9 Å². The molecule has 1 aliphatic heterocycles. The fraction of sp³-hybridized carbons (Fsp3) is 0.579. The molecule has 0 amide bonds. The predicted molar refractivity (Wildman–Crippen MR) is 108 cm³/mol. The first-order valence-corrected chi connectivity index (χ1v) is 10.2. The van der Waals surface area contributed by atoms with Gasteiger partial charge >= 0.3 is 5.97 Å². The van der Waals surface area contributed by atoms with Gasteiger partial charge in [-0.05, 0) is 24.4 Å². The summed E-state index contributed by atoms with van der Waals surface area (Å²) in [5, 5.41) is 33.6. The van der Waals surface area contributed by atoms with Crippen LogP contribution >= 0.6 is 11.6 Å². The number of halogens is 1. The van der Waals surface area contributed by atoms with Crippen LogP contribution in [0.5, 0.6) is 0 Å². The molecule has 1 saturated carbocycles. The minimum absolute atomic E-state index is 0.0178. The fourth-order valence-electron chi connectivity index (χ4n) is 4.01. The number of imidazole rings is 1. The van der Waals surface area contributed by atoms with Crippen molar-refractivity contribution in [2.45, 2.75) is 55.8 Å². The minimum atomic E-state index is -2.11. The number of carboxylic acid groups (broad SMARTS) is 1. The van der Waals surface area contributed by atoms with E-state index in [0.29, 0.717) is 11.3 Å². The molecule has 166 valence electrons. The van der Waals surface area contributed by atoms with E-state index in [2.05, 4.69) is 26.2 Å². The largest absolute Gasteiger partial charge is 0.480 e. The van der Waals surface area contributed by atoms with E-state index in [9.17, 15) is 15.0 Å². The number of aliphatic hydroxyl groups excluding tert-OH is 1. The van der Waals surface area contributed by atoms with Crippen LogP contribution in [0.1, 0.15) is 31.9 Å². The lowest BCUT2D eigenvalue weighted by atomic mass is 9.93. The minimum Gasteiger partial charge on any atom is -0.480 e. The number of nitrogens with zero attached hydrogens (tertiary/aromatic N) is 4. The summed E-state index contributed by atoms with van der Waals surface area (Å²) < 4.78 is 12.2. The number of aliphatic carboxylic acids is 1. The molecule has 1 saturated heterocycles. The quantitative estimate of drug-likeness (QED) is 0.347. The Morgan fingerprint density at radius 3 is 2.87 bits per heavy atom. The van der Waals surface area contributed by atoms with Gasteiger partial charge in [0.05, 0.1) is 12.9 Å². The number of ether oxygens (including phenoxy) is 2. The molecule has 2 fully saturated rings. The highest BCUT2D eigenvalue weighted by molar-refractivity contribution is 6.28. The highest BCUT2D eigenvalue weighted by atomic mass is 35.5. The van der Waals surface area contributed by atoms with Crippen molar-refractivity contribution in [1.82, 2.24) is 19.5 Å². The molecule has 0 radical (unpaired) electrons. The average molecular weight is 452 g/mol. The third-order valence-corrected chi connectivity index (χ3v) is 5.77. The third-order valence-electron chi connectivity index (χ3n) is 5.61. The number of carboxylic acids is 1. The Morgan fingerprint density at radius 1 is 1.45 bits per heavy atom. The molecule has 11 nitrogen and oxygen atoms in total. The fourth-order valence-corrected chi connectivity index (χ4v) is 4.17. The second-order valence-electron chi connectivity index (χ2n) is 7.63. The van der Waals surface area contributed by atoms with Crippen molar-refractivity contribution in [3.05, 3.63) is 11.6 Å². The van der Waals surface area contributed by atoms with Gasteiger partial charge in [-0.3, -0.25) is 4.57 Å². The molecule has 1 aliphatic carbocycles. The SMILES string of the molecule is C#C[C@@]1(O)[C@@H](COCC(=O)O)O[C@@H](n2cnc3c(NC4CCCC4)nc(Cl)nc32)[C@@H]1O. The Morgan fingerprint density at radius 2 is 2.19 bits per heavy atom. The van der Waals surface area contributed by atoms with E-state index in [-0.39, 0.29) is 23.6 Å². The van der Waals surface area contributed by atoms with E-state index in [1.54, 1.807) is 0 Å². The van der Waals surface area contributed by atoms with E-state index >= 15 is 0 Å². The van der Waals surface area contributed by atoms with Crippen LogP contribution in [0.4, 0.5) is 5.82 Å². The van der Waals surface area contributed by atoms with Crippen LogP contribution in [-0.2, 0) is 14.3 Å². The number of hydrogen-bond donors (Lipinski definition) is 4. The van der Waals surface area contributed by atoms with Crippen LogP contribution in [0.25, 0.3) is 11.2 Å². The van der Waals surface area contributed by atoms with Crippen LogP contribution in [0, 0.1) is 12.3 Å². The van der Waals surface area contributed by atoms with E-state index in [4.69, 9.17) is 32.6 Å². The summed E-state index contributed by atoms with van der Waals surface area (Å²) in [6, 6.07) is 0.259. The summed E-state index contributed by atoms with van der Waals surface area (Å²) in [4.78, 5) is 23.5. The van der Waals surface area contributed by atoms with Crippen molar-refractivity contribution in [2.24, 2.45) is 0 Å². The van der Waals surface area contributed by atoms with Gasteiger partial charge in [-0.2, -0.15) is 9.97 Å². The maximum atomic E-state index is 10.8. The van der Waals surface area contributed by atoms with Crippen molar-refractivity contribution in [3.8, 4) is 12.3 Å². The summed E-state index contributed by atoms with van der Waals surface area (Å²) >= 11 is 6.13. The molecular formula is C19H22ClN5O6. The van der Waals surface area contributed by atoms with Gasteiger partial charge in [0.15, 0.2) is 28.8 Å². The van der Waals surface area contributed by atoms with Crippen LogP contribution < -0.4 is 5.32 Å². The third kappa shape index (κ3) is 4.05. The second kappa shape index (κ2) is 8.57. The van der Waals surface area contributed by atoms with Gasteiger partial charge < -0.3 is 30.1 Å². The first kappa shape index (κ1) is 21.7. The first-order chi connectivity index (χ1) is 14.8. The topological polar surface area (TPSA) is 152 Å². The molecule has 31 heavy (non-hydrogen) atoms. The highest BCUT2D eigenvalue weighted by Gasteiger charge is 2.55. The molecule has 12 heteroatoms. The molecular weight excluding hydrogens is 430 g/mol. The number of hydrogen-bond acceptors (Lipinski definition) is 9. The lowest BCUT2D eigenvalue weighted by Gasteiger charge is -2.24. The maximum Gasteiger partial charge on any atom is 0.329 e. The van der Waals surface area contributed by atoms with E-state index in [1.165, 1.54) is 10.9 Å². The summed E-state index contributed by atoms with van der Waals surface area (Å²) in [7, 11) is 0. The van der Waals surface area contributed by atoms with Gasteiger partial charge in [-0.15, -0.1) is 6.42 Å². The number of aliphatic hydroxyl groups is 2. The Bertz CT molecular complexity index is 1020. The van der Waals surface area contributed by atoms with E-state index in [0.717, 1.165) is 25.7 Å². The average Bonchev–Trinajstić information content (AvgIpc) is 3.43. The molecule has 2 aromatic rings. The van der Waals surface area contributed by atoms with E-state index in [1.807, 2.05) is 0 Å². The smallest absolute Gasteiger partial charge is 0.329 e. The predicted octanol–water partition coefficient (Wildman–Crippen LogP) is 0.558. The van der Waals surface area contributed by atoms with Crippen molar-refractivity contribution in [3.63, 3.8) is 0 Å². The Labute approximate surface area is 182 Å². The van der Waals surface area contributed by atoms with Crippen molar-refractivity contribution in [2.75, 3.05) is 18.5 Å². The summed E-state index contributed by atoms with van der Waals surface area (Å²) in [5.74, 6) is 1.42. The van der Waals surface area contributed by atoms with Gasteiger partial charge in [0.1, 0.15) is 18.8 Å². The molecule has 2 aliphatic rings. The van der Waals surface area contributed by atoms with Gasteiger partial charge in [-0.25, -0.2) is 9.78 Å². The Kier molecular flexibility index (Phi) is 6.00. The normalized spacial score (nSPS) is 28.8. The van der Waals surface area contributed by atoms with Crippen LogP contribution in [0.15, 0.2) is 6.33 Å². The van der Waals surface area contributed by atoms with Gasteiger partial charge in [0.2, 0.25) is 5.28 Å². The Hall–Kier alpha value is -2.49. The zero-order chi connectivity index (χ0) is 22.2. The van der Waals surface area contributed by atoms with Gasteiger partial charge in [-0.1, -0.05) is 18.8 Å². The van der Waals surface area contributed by atoms with Crippen molar-refractivity contribution in [1.29, 1.82) is 0 Å². The van der Waals surface area contributed by atoms with Gasteiger partial charge in [0.25, 0.3) is 0 Å². The first-order valence-electron chi connectivity index (χ1n) is 9.83. The van der Waals surface area contributed by atoms with E-state index < -0.39 is 36.6 Å². The molecule has 2 aromatic heterocycles. The molecule has 0 spiro atoms. The number of aromatic nitrogens is 4. The maximum absolute atomic E-state index is 10.8. The molecule has 0 aromatic carbocycles. The van der Waals surface area contributed by atoms with Crippen molar-refractivity contribution < 1.29 is 29.6 Å². The number of terminal acetylenes is 1. The zero-order valence-electron chi connectivity index (χ0n) is 16.4. The standard InChI is InChI=1S/C19H22ClN5O6/c1-2-19(29)11(7-30-8-12(26)27)31-17(14(19)28)25-9-21-13-15(22-10-5-3-4-6-10)23-18(20)24-16(13)25/h1,9-11,14,17,28-29H,3-8H2,(H,26,27)(H,22,23,24)/t11-,14+,17-,19-/m1/s1. The number of fused-ring (bicyclic) bond motifs is 1. The summed E-state index contributed by atoms with van der Waals surface area (Å²) in [6.45, 7) is -0.939. The van der Waals surface area contributed by atoms with Crippen LogP contribution in [0.2, 0.25) is 5.28 Å². The molecule has 0 unspecified atom stereocenters.